The van der Waals surface area contributed by atoms with Crippen molar-refractivity contribution in [3.05, 3.63) is 41.2 Å². The second kappa shape index (κ2) is 6.20. The zero-order valence-electron chi connectivity index (χ0n) is 10.6. The fraction of sp³-hybridized carbons (Fsp3) is 0.182. The van der Waals surface area contributed by atoms with Crippen molar-refractivity contribution in [3.63, 3.8) is 0 Å². The molecule has 0 fully saturated rings. The maximum atomic E-state index is 12.0. The van der Waals surface area contributed by atoms with Crippen LogP contribution in [-0.4, -0.2) is 34.5 Å². The van der Waals surface area contributed by atoms with Gasteiger partial charge in [-0.15, -0.1) is 5.10 Å². The van der Waals surface area contributed by atoms with E-state index in [-0.39, 0.29) is 18.0 Å². The number of carboxylic acid groups (broad SMARTS) is 1. The molecule has 0 aliphatic carbocycles. The number of sulfonamides is 1. The van der Waals surface area contributed by atoms with Crippen LogP contribution in [0.4, 0.5) is 0 Å². The fourth-order valence-corrected chi connectivity index (χ4v) is 2.63. The summed E-state index contributed by atoms with van der Waals surface area (Å²) in [5, 5.41) is 16.3. The molecule has 0 saturated carbocycles. The first-order valence-corrected chi connectivity index (χ1v) is 7.59. The van der Waals surface area contributed by atoms with E-state index in [1.807, 2.05) is 0 Å². The van der Waals surface area contributed by atoms with E-state index in [1.54, 1.807) is 0 Å². The number of nitrogens with zero attached hydrogens (tertiary/aromatic N) is 3. The van der Waals surface area contributed by atoms with Gasteiger partial charge in [0.2, 0.25) is 10.0 Å². The van der Waals surface area contributed by atoms with E-state index in [0.717, 1.165) is 4.68 Å². The van der Waals surface area contributed by atoms with Crippen LogP contribution in [0.25, 0.3) is 0 Å². The lowest BCUT2D eigenvalue weighted by Gasteiger charge is -2.04. The summed E-state index contributed by atoms with van der Waals surface area (Å²) in [5.74, 6) is -1.06. The Labute approximate surface area is 125 Å². The molecule has 1 heterocycles. The Kier molecular flexibility index (Phi) is 4.56. The molecule has 10 heteroatoms. The smallest absolute Gasteiger partial charge is 0.325 e. The van der Waals surface area contributed by atoms with Gasteiger partial charge in [0.05, 0.1) is 23.3 Å². The number of benzene rings is 1. The van der Waals surface area contributed by atoms with Crippen LogP contribution in [0.15, 0.2) is 35.4 Å². The Morgan fingerprint density at radius 2 is 2.00 bits per heavy atom. The molecule has 0 bridgehead atoms. The molecule has 2 N–H and O–H groups in total. The number of aliphatic carboxylic acids is 1. The van der Waals surface area contributed by atoms with Gasteiger partial charge >= 0.3 is 5.97 Å². The van der Waals surface area contributed by atoms with Gasteiger partial charge in [-0.3, -0.25) is 4.79 Å². The summed E-state index contributed by atoms with van der Waals surface area (Å²) < 4.78 is 27.4. The largest absolute Gasteiger partial charge is 0.480 e. The van der Waals surface area contributed by atoms with E-state index >= 15 is 0 Å². The number of hydrogen-bond acceptors (Lipinski definition) is 5. The fourth-order valence-electron chi connectivity index (χ4n) is 1.50. The molecule has 2 rings (SSSR count). The average Bonchev–Trinajstić information content (AvgIpc) is 2.84. The van der Waals surface area contributed by atoms with Gasteiger partial charge < -0.3 is 5.11 Å². The second-order valence-corrected chi connectivity index (χ2v) is 6.28. The van der Waals surface area contributed by atoms with Crippen LogP contribution in [0, 0.1) is 0 Å². The average molecular weight is 331 g/mol. The van der Waals surface area contributed by atoms with Crippen molar-refractivity contribution in [2.45, 2.75) is 18.0 Å². The minimum Gasteiger partial charge on any atom is -0.480 e. The highest BCUT2D eigenvalue weighted by molar-refractivity contribution is 7.89. The molecule has 0 aliphatic heterocycles. The minimum absolute atomic E-state index is 0.0739. The van der Waals surface area contributed by atoms with Crippen molar-refractivity contribution in [2.24, 2.45) is 0 Å². The third-order valence-electron chi connectivity index (χ3n) is 2.45. The van der Waals surface area contributed by atoms with E-state index in [0.29, 0.717) is 10.7 Å². The second-order valence-electron chi connectivity index (χ2n) is 4.08. The van der Waals surface area contributed by atoms with Gasteiger partial charge in [-0.2, -0.15) is 0 Å². The summed E-state index contributed by atoms with van der Waals surface area (Å²) in [6.45, 7) is -0.429. The van der Waals surface area contributed by atoms with Gasteiger partial charge in [0.25, 0.3) is 0 Å². The predicted octanol–water partition coefficient (Wildman–Crippen LogP) is 0.495. The molecule has 0 unspecified atom stereocenters. The number of rotatable bonds is 6. The SMILES string of the molecule is O=C(O)Cn1cc(CNS(=O)(=O)c2ccc(Cl)cc2)nn1. The molecule has 1 aromatic heterocycles. The van der Waals surface area contributed by atoms with Crippen molar-refractivity contribution < 1.29 is 18.3 Å². The number of hydrogen-bond donors (Lipinski definition) is 2. The van der Waals surface area contributed by atoms with Gasteiger partial charge in [0, 0.05) is 5.02 Å². The molecule has 0 saturated heterocycles. The lowest BCUT2D eigenvalue weighted by atomic mass is 10.4. The van der Waals surface area contributed by atoms with E-state index < -0.39 is 16.0 Å². The third kappa shape index (κ3) is 4.25. The molecule has 112 valence electrons. The summed E-state index contributed by atoms with van der Waals surface area (Å²) in [6, 6.07) is 5.70. The first kappa shape index (κ1) is 15.4. The standard InChI is InChI=1S/C11H11ClN4O4S/c12-8-1-3-10(4-2-8)21(19,20)13-5-9-6-16(15-14-9)7-11(17)18/h1-4,6,13H,5,7H2,(H,17,18). The molecular weight excluding hydrogens is 320 g/mol. The highest BCUT2D eigenvalue weighted by atomic mass is 35.5. The van der Waals surface area contributed by atoms with Crippen LogP contribution < -0.4 is 4.72 Å². The Bertz CT molecular complexity index is 742. The molecule has 1 aromatic carbocycles. The van der Waals surface area contributed by atoms with Crippen LogP contribution in [0.2, 0.25) is 5.02 Å². The topological polar surface area (TPSA) is 114 Å². The molecule has 0 atom stereocenters. The summed E-state index contributed by atoms with van der Waals surface area (Å²) in [6.07, 6.45) is 1.36. The number of carboxylic acids is 1. The number of nitrogens with one attached hydrogen (secondary N) is 1. The predicted molar refractivity (Wildman–Crippen MR) is 73.1 cm³/mol. The Balaban J connectivity index is 2.03. The lowest BCUT2D eigenvalue weighted by Crippen LogP contribution is -2.23. The van der Waals surface area contributed by atoms with E-state index in [4.69, 9.17) is 16.7 Å². The molecule has 0 amide bonds. The normalized spacial score (nSPS) is 11.5. The molecule has 0 radical (unpaired) electrons. The lowest BCUT2D eigenvalue weighted by molar-refractivity contribution is -0.137. The number of halogens is 1. The van der Waals surface area contributed by atoms with Gasteiger partial charge in [0.15, 0.2) is 0 Å². The van der Waals surface area contributed by atoms with Crippen LogP contribution in [0.3, 0.4) is 0 Å². The first-order chi connectivity index (χ1) is 9.87. The zero-order valence-corrected chi connectivity index (χ0v) is 12.2. The maximum absolute atomic E-state index is 12.0. The van der Waals surface area contributed by atoms with Crippen molar-refractivity contribution in [1.29, 1.82) is 0 Å². The Hall–Kier alpha value is -1.97. The van der Waals surface area contributed by atoms with Crippen LogP contribution in [0.1, 0.15) is 5.69 Å². The van der Waals surface area contributed by atoms with E-state index in [2.05, 4.69) is 15.0 Å². The zero-order chi connectivity index (χ0) is 15.5. The van der Waals surface area contributed by atoms with Gasteiger partial charge in [0.1, 0.15) is 6.54 Å². The van der Waals surface area contributed by atoms with Crippen LogP contribution in [-0.2, 0) is 27.9 Å². The molecule has 21 heavy (non-hydrogen) atoms. The van der Waals surface area contributed by atoms with Gasteiger partial charge in [-0.05, 0) is 24.3 Å². The molecule has 2 aromatic rings. The highest BCUT2D eigenvalue weighted by Gasteiger charge is 2.14. The molecule has 8 nitrogen and oxygen atoms in total. The highest BCUT2D eigenvalue weighted by Crippen LogP contribution is 2.14. The monoisotopic (exact) mass is 330 g/mol. The molecule has 0 aliphatic rings. The summed E-state index contributed by atoms with van der Waals surface area (Å²) >= 11 is 5.69. The molecular formula is C11H11ClN4O4S. The minimum atomic E-state index is -3.69. The summed E-state index contributed by atoms with van der Waals surface area (Å²) in [7, 11) is -3.69. The number of aromatic nitrogens is 3. The van der Waals surface area contributed by atoms with E-state index in [1.165, 1.54) is 30.5 Å². The quantitative estimate of drug-likeness (QED) is 0.797. The summed E-state index contributed by atoms with van der Waals surface area (Å²) in [5.41, 5.74) is 0.314. The number of carbonyl (C=O) groups is 1. The van der Waals surface area contributed by atoms with Gasteiger partial charge in [-0.25, -0.2) is 17.8 Å². The maximum Gasteiger partial charge on any atom is 0.325 e. The Morgan fingerprint density at radius 3 is 2.62 bits per heavy atom. The van der Waals surface area contributed by atoms with Crippen molar-refractivity contribution in [1.82, 2.24) is 19.7 Å². The first-order valence-electron chi connectivity index (χ1n) is 5.73. The van der Waals surface area contributed by atoms with E-state index in [9.17, 15) is 13.2 Å². The van der Waals surface area contributed by atoms with Gasteiger partial charge in [-0.1, -0.05) is 16.8 Å². The molecule has 0 spiro atoms. The third-order valence-corrected chi connectivity index (χ3v) is 4.12. The Morgan fingerprint density at radius 1 is 1.33 bits per heavy atom. The van der Waals surface area contributed by atoms with Crippen LogP contribution >= 0.6 is 11.6 Å². The van der Waals surface area contributed by atoms with Crippen molar-refractivity contribution in [2.75, 3.05) is 0 Å². The van der Waals surface area contributed by atoms with Crippen molar-refractivity contribution in [3.8, 4) is 0 Å². The van der Waals surface area contributed by atoms with Crippen LogP contribution in [0.5, 0.6) is 0 Å². The van der Waals surface area contributed by atoms with Crippen molar-refractivity contribution >= 4 is 27.6 Å². The summed E-state index contributed by atoms with van der Waals surface area (Å²) in [4.78, 5) is 10.6.